The van der Waals surface area contributed by atoms with Gasteiger partial charge in [-0.1, -0.05) is 6.07 Å². The first kappa shape index (κ1) is 17.3. The van der Waals surface area contributed by atoms with E-state index in [0.29, 0.717) is 28.1 Å². The first-order chi connectivity index (χ1) is 13.7. The molecule has 2 heterocycles. The third kappa shape index (κ3) is 3.83. The zero-order chi connectivity index (χ0) is 19.3. The van der Waals surface area contributed by atoms with Crippen LogP contribution in [0.1, 0.15) is 20.8 Å². The number of anilines is 2. The fourth-order valence-electron chi connectivity index (χ4n) is 2.64. The lowest BCUT2D eigenvalue weighted by molar-refractivity contribution is 0.101. The van der Waals surface area contributed by atoms with E-state index in [-0.39, 0.29) is 11.8 Å². The highest BCUT2D eigenvalue weighted by Crippen LogP contribution is 2.17. The average molecular weight is 369 g/mol. The molecule has 0 bridgehead atoms. The van der Waals surface area contributed by atoms with E-state index in [4.69, 9.17) is 0 Å². The van der Waals surface area contributed by atoms with Crippen molar-refractivity contribution in [2.24, 2.45) is 0 Å². The third-order valence-electron chi connectivity index (χ3n) is 4.03. The lowest BCUT2D eigenvalue weighted by Gasteiger charge is -2.08. The summed E-state index contributed by atoms with van der Waals surface area (Å²) in [5, 5.41) is 5.58. The molecule has 136 valence electrons. The van der Waals surface area contributed by atoms with Crippen LogP contribution >= 0.6 is 0 Å². The van der Waals surface area contributed by atoms with Crippen LogP contribution in [0.4, 0.5) is 11.4 Å². The van der Waals surface area contributed by atoms with E-state index in [9.17, 15) is 9.59 Å². The lowest BCUT2D eigenvalue weighted by Crippen LogP contribution is -2.14. The molecule has 7 nitrogen and oxygen atoms in total. The zero-order valence-electron chi connectivity index (χ0n) is 14.7. The molecule has 2 aromatic carbocycles. The largest absolute Gasteiger partial charge is 0.322 e. The monoisotopic (exact) mass is 369 g/mol. The summed E-state index contributed by atoms with van der Waals surface area (Å²) in [6.45, 7) is 0. The van der Waals surface area contributed by atoms with Crippen molar-refractivity contribution in [2.75, 3.05) is 10.6 Å². The second kappa shape index (κ2) is 7.63. The molecular formula is C21H15N5O2. The minimum absolute atomic E-state index is 0.252. The Labute approximate surface area is 160 Å². The summed E-state index contributed by atoms with van der Waals surface area (Å²) in [5.74, 6) is -0.549. The van der Waals surface area contributed by atoms with Gasteiger partial charge in [0.15, 0.2) is 0 Å². The molecule has 0 fully saturated rings. The van der Waals surface area contributed by atoms with Gasteiger partial charge in [0, 0.05) is 35.5 Å². The molecule has 0 saturated heterocycles. The normalized spacial score (nSPS) is 10.4. The number of carbonyl (C=O) groups excluding carboxylic acids is 2. The number of rotatable bonds is 4. The fourth-order valence-corrected chi connectivity index (χ4v) is 2.64. The number of benzene rings is 2. The van der Waals surface area contributed by atoms with Crippen molar-refractivity contribution in [3.8, 4) is 0 Å². The molecule has 0 atom stereocenters. The van der Waals surface area contributed by atoms with Gasteiger partial charge in [-0.2, -0.15) is 0 Å². The number of hydrogen-bond acceptors (Lipinski definition) is 5. The number of fused-ring (bicyclic) bond motifs is 1. The van der Waals surface area contributed by atoms with Crippen molar-refractivity contribution in [1.29, 1.82) is 0 Å². The number of pyridine rings is 1. The first-order valence-corrected chi connectivity index (χ1v) is 8.54. The van der Waals surface area contributed by atoms with Crippen LogP contribution in [0, 0.1) is 0 Å². The Morgan fingerprint density at radius 3 is 2.00 bits per heavy atom. The standard InChI is InChI=1S/C21H15N5O2/c27-20(14-4-9-17-19(13-14)24-12-11-23-17)25-15-5-7-16(8-6-15)26-21(28)18-3-1-2-10-22-18/h1-13H,(H,25,27)(H,26,28). The Balaban J connectivity index is 1.43. The molecule has 2 aromatic heterocycles. The molecule has 4 aromatic rings. The third-order valence-corrected chi connectivity index (χ3v) is 4.03. The van der Waals surface area contributed by atoms with E-state index in [2.05, 4.69) is 25.6 Å². The SMILES string of the molecule is O=C(Nc1ccc(NC(=O)c2ccccn2)cc1)c1ccc2nccnc2c1. The van der Waals surface area contributed by atoms with Gasteiger partial charge in [-0.15, -0.1) is 0 Å². The highest BCUT2D eigenvalue weighted by molar-refractivity contribution is 6.06. The van der Waals surface area contributed by atoms with Crippen molar-refractivity contribution in [3.05, 3.63) is 90.5 Å². The van der Waals surface area contributed by atoms with Gasteiger partial charge in [-0.3, -0.25) is 24.5 Å². The number of carbonyl (C=O) groups is 2. The highest BCUT2D eigenvalue weighted by Gasteiger charge is 2.09. The average Bonchev–Trinajstić information content (AvgIpc) is 2.75. The van der Waals surface area contributed by atoms with E-state index >= 15 is 0 Å². The Bertz CT molecular complexity index is 1140. The smallest absolute Gasteiger partial charge is 0.274 e. The van der Waals surface area contributed by atoms with Gasteiger partial charge in [0.05, 0.1) is 11.0 Å². The molecule has 0 spiro atoms. The number of aromatic nitrogens is 3. The number of nitrogens with zero attached hydrogens (tertiary/aromatic N) is 3. The van der Waals surface area contributed by atoms with Gasteiger partial charge in [-0.25, -0.2) is 0 Å². The molecule has 0 aliphatic rings. The maximum absolute atomic E-state index is 12.5. The van der Waals surface area contributed by atoms with Crippen LogP contribution in [-0.2, 0) is 0 Å². The summed E-state index contributed by atoms with van der Waals surface area (Å²) >= 11 is 0. The summed E-state index contributed by atoms with van der Waals surface area (Å²) in [6, 6.07) is 17.1. The molecule has 0 unspecified atom stereocenters. The Hall–Kier alpha value is -4.13. The van der Waals surface area contributed by atoms with Crippen LogP contribution < -0.4 is 10.6 Å². The van der Waals surface area contributed by atoms with Gasteiger partial charge in [0.25, 0.3) is 11.8 Å². The molecule has 2 amide bonds. The second-order valence-corrected chi connectivity index (χ2v) is 5.96. The molecule has 0 saturated carbocycles. The minimum atomic E-state index is -0.297. The number of nitrogens with one attached hydrogen (secondary N) is 2. The van der Waals surface area contributed by atoms with E-state index < -0.39 is 0 Å². The summed E-state index contributed by atoms with van der Waals surface area (Å²) in [7, 11) is 0. The topological polar surface area (TPSA) is 96.9 Å². The van der Waals surface area contributed by atoms with Gasteiger partial charge in [-0.05, 0) is 54.6 Å². The molecule has 2 N–H and O–H groups in total. The Morgan fingerprint density at radius 2 is 1.32 bits per heavy atom. The summed E-state index contributed by atoms with van der Waals surface area (Å²) in [4.78, 5) is 37.0. The molecule has 0 aliphatic carbocycles. The van der Waals surface area contributed by atoms with E-state index in [1.165, 1.54) is 0 Å². The summed E-state index contributed by atoms with van der Waals surface area (Å²) in [6.07, 6.45) is 4.75. The molecule has 7 heteroatoms. The summed E-state index contributed by atoms with van der Waals surface area (Å²) in [5.41, 5.74) is 3.42. The van der Waals surface area contributed by atoms with Crippen LogP contribution in [0.25, 0.3) is 11.0 Å². The van der Waals surface area contributed by atoms with Gasteiger partial charge < -0.3 is 10.6 Å². The highest BCUT2D eigenvalue weighted by atomic mass is 16.2. The number of hydrogen-bond donors (Lipinski definition) is 2. The van der Waals surface area contributed by atoms with E-state index in [1.807, 2.05) is 0 Å². The molecule has 0 aliphatic heterocycles. The zero-order valence-corrected chi connectivity index (χ0v) is 14.7. The molecule has 0 radical (unpaired) electrons. The number of amides is 2. The van der Waals surface area contributed by atoms with Crippen LogP contribution in [0.2, 0.25) is 0 Å². The fraction of sp³-hybridized carbons (Fsp3) is 0. The Morgan fingerprint density at radius 1 is 0.643 bits per heavy atom. The first-order valence-electron chi connectivity index (χ1n) is 8.54. The van der Waals surface area contributed by atoms with Gasteiger partial charge in [0.2, 0.25) is 0 Å². The quantitative estimate of drug-likeness (QED) is 0.574. The van der Waals surface area contributed by atoms with Crippen molar-refractivity contribution in [2.45, 2.75) is 0 Å². The minimum Gasteiger partial charge on any atom is -0.322 e. The Kier molecular flexibility index (Phi) is 4.71. The van der Waals surface area contributed by atoms with E-state index in [1.54, 1.807) is 79.3 Å². The van der Waals surface area contributed by atoms with Crippen LogP contribution in [0.15, 0.2) is 79.3 Å². The maximum Gasteiger partial charge on any atom is 0.274 e. The summed E-state index contributed by atoms with van der Waals surface area (Å²) < 4.78 is 0. The second-order valence-electron chi connectivity index (χ2n) is 5.96. The molecule has 4 rings (SSSR count). The molecule has 28 heavy (non-hydrogen) atoms. The lowest BCUT2D eigenvalue weighted by atomic mass is 10.1. The maximum atomic E-state index is 12.5. The van der Waals surface area contributed by atoms with Gasteiger partial charge in [0.1, 0.15) is 5.69 Å². The van der Waals surface area contributed by atoms with Crippen molar-refractivity contribution >= 4 is 34.2 Å². The predicted molar refractivity (Wildman–Crippen MR) is 106 cm³/mol. The molecular weight excluding hydrogens is 354 g/mol. The van der Waals surface area contributed by atoms with Gasteiger partial charge >= 0.3 is 0 Å². The van der Waals surface area contributed by atoms with E-state index in [0.717, 1.165) is 5.52 Å². The van der Waals surface area contributed by atoms with Crippen LogP contribution in [0.3, 0.4) is 0 Å². The van der Waals surface area contributed by atoms with Crippen LogP contribution in [0.5, 0.6) is 0 Å². The predicted octanol–water partition coefficient (Wildman–Crippen LogP) is 3.53. The van der Waals surface area contributed by atoms with Crippen molar-refractivity contribution in [3.63, 3.8) is 0 Å². The van der Waals surface area contributed by atoms with Crippen LogP contribution in [-0.4, -0.2) is 26.8 Å². The van der Waals surface area contributed by atoms with Crippen molar-refractivity contribution in [1.82, 2.24) is 15.0 Å². The van der Waals surface area contributed by atoms with Crippen molar-refractivity contribution < 1.29 is 9.59 Å².